The third-order valence-electron chi connectivity index (χ3n) is 4.65. The van der Waals surface area contributed by atoms with Gasteiger partial charge in [0.05, 0.1) is 0 Å². The highest BCUT2D eigenvalue weighted by Gasteiger charge is 2.25. The van der Waals surface area contributed by atoms with Crippen molar-refractivity contribution in [3.63, 3.8) is 0 Å². The molecule has 0 saturated carbocycles. The van der Waals surface area contributed by atoms with Gasteiger partial charge in [0.1, 0.15) is 0 Å². The molecule has 1 aromatic carbocycles. The van der Waals surface area contributed by atoms with E-state index in [4.69, 9.17) is 0 Å². The molecule has 1 N–H and O–H groups in total. The van der Waals surface area contributed by atoms with Gasteiger partial charge in [0.2, 0.25) is 0 Å². The van der Waals surface area contributed by atoms with Crippen LogP contribution in [0.25, 0.3) is 0 Å². The van der Waals surface area contributed by atoms with Crippen molar-refractivity contribution in [2.24, 2.45) is 0 Å². The van der Waals surface area contributed by atoms with Crippen molar-refractivity contribution < 1.29 is 13.6 Å². The van der Waals surface area contributed by atoms with Gasteiger partial charge in [-0.3, -0.25) is 18.9 Å². The van der Waals surface area contributed by atoms with Crippen molar-refractivity contribution in [1.29, 1.82) is 0 Å². The molecule has 2 aromatic rings. The van der Waals surface area contributed by atoms with Crippen LogP contribution in [-0.2, 0) is 11.3 Å². The number of nitrogens with zero attached hydrogens (tertiary/aromatic N) is 3. The summed E-state index contributed by atoms with van der Waals surface area (Å²) in [6.45, 7) is 5.08. The largest absolute Gasteiger partial charge is 0.755 e. The summed E-state index contributed by atoms with van der Waals surface area (Å²) in [6.07, 6.45) is 3.65. The smallest absolute Gasteiger partial charge is 0.253 e. The highest BCUT2D eigenvalue weighted by atomic mass is 32.2. The summed E-state index contributed by atoms with van der Waals surface area (Å²) in [7, 11) is 0. The lowest BCUT2D eigenvalue weighted by Crippen LogP contribution is -2.49. The molecule has 0 radical (unpaired) electrons. The highest BCUT2D eigenvalue weighted by Crippen LogP contribution is 2.21. The maximum Gasteiger partial charge on any atom is 0.253 e. The van der Waals surface area contributed by atoms with Crippen molar-refractivity contribution in [1.82, 2.24) is 14.8 Å². The SMILES string of the molecule is CC(c1cccnc1)N1CCN(C(=O)c2ccc(NS(=O)[O-])cc2)CC1. The molecule has 1 amide bonds. The van der Waals surface area contributed by atoms with E-state index in [1.54, 1.807) is 30.5 Å². The molecule has 26 heavy (non-hydrogen) atoms. The predicted molar refractivity (Wildman–Crippen MR) is 99.1 cm³/mol. The van der Waals surface area contributed by atoms with Crippen LogP contribution >= 0.6 is 0 Å². The normalized spacial score (nSPS) is 17.5. The van der Waals surface area contributed by atoms with Crippen molar-refractivity contribution in [2.45, 2.75) is 13.0 Å². The third kappa shape index (κ3) is 4.46. The van der Waals surface area contributed by atoms with Crippen LogP contribution in [0.15, 0.2) is 48.8 Å². The van der Waals surface area contributed by atoms with Crippen LogP contribution in [0, 0.1) is 0 Å². The minimum absolute atomic E-state index is 0.0338. The average Bonchev–Trinajstić information content (AvgIpc) is 2.68. The molecular weight excluding hydrogens is 352 g/mol. The first-order valence-corrected chi connectivity index (χ1v) is 9.51. The van der Waals surface area contributed by atoms with E-state index < -0.39 is 11.3 Å². The quantitative estimate of drug-likeness (QED) is 0.808. The molecular formula is C18H21N4O3S-. The highest BCUT2D eigenvalue weighted by molar-refractivity contribution is 7.80. The lowest BCUT2D eigenvalue weighted by molar-refractivity contribution is 0.0582. The molecule has 2 unspecified atom stereocenters. The summed E-state index contributed by atoms with van der Waals surface area (Å²) in [5, 5.41) is 0. The van der Waals surface area contributed by atoms with E-state index in [0.717, 1.165) is 13.1 Å². The Morgan fingerprint density at radius 3 is 2.46 bits per heavy atom. The number of rotatable bonds is 5. The van der Waals surface area contributed by atoms with Crippen molar-refractivity contribution in [3.05, 3.63) is 59.9 Å². The Kier molecular flexibility index (Phi) is 5.97. The van der Waals surface area contributed by atoms with E-state index in [-0.39, 0.29) is 11.9 Å². The predicted octanol–water partition coefficient (Wildman–Crippen LogP) is 1.81. The summed E-state index contributed by atoms with van der Waals surface area (Å²) in [6, 6.07) is 10.7. The zero-order valence-electron chi connectivity index (χ0n) is 14.5. The van der Waals surface area contributed by atoms with Crippen LogP contribution in [-0.4, -0.2) is 55.6 Å². The molecule has 1 fully saturated rings. The second kappa shape index (κ2) is 8.39. The van der Waals surface area contributed by atoms with Crippen molar-refractivity contribution >= 4 is 22.9 Å². The van der Waals surface area contributed by atoms with E-state index in [1.807, 2.05) is 17.2 Å². The van der Waals surface area contributed by atoms with E-state index in [2.05, 4.69) is 27.6 Å². The molecule has 2 atom stereocenters. The van der Waals surface area contributed by atoms with Gasteiger partial charge in [-0.2, -0.15) is 0 Å². The molecule has 2 heterocycles. The minimum atomic E-state index is -2.37. The second-order valence-corrected chi connectivity index (χ2v) is 6.88. The average molecular weight is 373 g/mol. The number of carbonyl (C=O) groups excluding carboxylic acids is 1. The van der Waals surface area contributed by atoms with Gasteiger partial charge in [-0.25, -0.2) is 0 Å². The Bertz CT molecular complexity index is 762. The fraction of sp³-hybridized carbons (Fsp3) is 0.333. The van der Waals surface area contributed by atoms with E-state index in [1.165, 1.54) is 5.56 Å². The molecule has 138 valence electrons. The van der Waals surface area contributed by atoms with Gasteiger partial charge in [0.15, 0.2) is 0 Å². The molecule has 0 aliphatic carbocycles. The molecule has 1 aliphatic heterocycles. The Labute approximate surface area is 155 Å². The fourth-order valence-electron chi connectivity index (χ4n) is 3.11. The summed E-state index contributed by atoms with van der Waals surface area (Å²) in [4.78, 5) is 21.0. The third-order valence-corrected chi connectivity index (χ3v) is 5.05. The zero-order valence-corrected chi connectivity index (χ0v) is 15.3. The fourth-order valence-corrected chi connectivity index (χ4v) is 3.43. The van der Waals surface area contributed by atoms with Gasteiger partial charge in [-0.05, 0) is 42.8 Å². The first-order chi connectivity index (χ1) is 12.5. The summed E-state index contributed by atoms with van der Waals surface area (Å²) < 4.78 is 23.5. The molecule has 1 aromatic heterocycles. The number of nitrogens with one attached hydrogen (secondary N) is 1. The zero-order chi connectivity index (χ0) is 18.5. The summed E-state index contributed by atoms with van der Waals surface area (Å²) in [5.41, 5.74) is 2.16. The number of carbonyl (C=O) groups is 1. The summed E-state index contributed by atoms with van der Waals surface area (Å²) in [5.74, 6) is -0.0338. The Hall–Kier alpha value is -2.29. The van der Waals surface area contributed by atoms with Crippen LogP contribution in [0.2, 0.25) is 0 Å². The Morgan fingerprint density at radius 1 is 1.19 bits per heavy atom. The first-order valence-electron chi connectivity index (χ1n) is 8.44. The molecule has 1 aliphatic rings. The van der Waals surface area contributed by atoms with Gasteiger partial charge in [-0.1, -0.05) is 6.07 Å². The van der Waals surface area contributed by atoms with Crippen LogP contribution in [0.3, 0.4) is 0 Å². The molecule has 8 heteroatoms. The summed E-state index contributed by atoms with van der Waals surface area (Å²) >= 11 is -2.37. The Balaban J connectivity index is 1.57. The number of amides is 1. The number of hydrogen-bond acceptors (Lipinski definition) is 5. The second-order valence-electron chi connectivity index (χ2n) is 6.20. The number of piperazine rings is 1. The van der Waals surface area contributed by atoms with Gasteiger partial charge < -0.3 is 14.2 Å². The number of benzene rings is 1. The van der Waals surface area contributed by atoms with Crippen LogP contribution in [0.4, 0.5) is 5.69 Å². The number of aromatic nitrogens is 1. The van der Waals surface area contributed by atoms with E-state index in [9.17, 15) is 13.6 Å². The van der Waals surface area contributed by atoms with Crippen molar-refractivity contribution in [2.75, 3.05) is 30.9 Å². The standard InChI is InChI=1S/C18H22N4O3S/c1-14(16-3-2-8-19-13-16)21-9-11-22(12-10-21)18(23)15-4-6-17(7-5-15)20-26(24)25/h2-8,13-14,20H,9-12H2,1H3,(H,24,25)/p-1. The van der Waals surface area contributed by atoms with Gasteiger partial charge in [0, 0.05) is 67.1 Å². The van der Waals surface area contributed by atoms with Crippen LogP contribution in [0.5, 0.6) is 0 Å². The van der Waals surface area contributed by atoms with Gasteiger partial charge >= 0.3 is 0 Å². The number of anilines is 1. The lowest BCUT2D eigenvalue weighted by Gasteiger charge is -2.38. The monoisotopic (exact) mass is 373 g/mol. The maximum atomic E-state index is 12.6. The van der Waals surface area contributed by atoms with Crippen LogP contribution < -0.4 is 4.72 Å². The topological polar surface area (TPSA) is 88.6 Å². The van der Waals surface area contributed by atoms with E-state index >= 15 is 0 Å². The molecule has 3 rings (SSSR count). The number of hydrogen-bond donors (Lipinski definition) is 1. The van der Waals surface area contributed by atoms with Gasteiger partial charge in [-0.15, -0.1) is 0 Å². The number of pyridine rings is 1. The molecule has 1 saturated heterocycles. The van der Waals surface area contributed by atoms with Crippen LogP contribution in [0.1, 0.15) is 28.9 Å². The maximum absolute atomic E-state index is 12.6. The van der Waals surface area contributed by atoms with Gasteiger partial charge in [0.25, 0.3) is 5.91 Å². The Morgan fingerprint density at radius 2 is 1.88 bits per heavy atom. The molecule has 0 bridgehead atoms. The van der Waals surface area contributed by atoms with E-state index in [0.29, 0.717) is 24.3 Å². The first kappa shape index (κ1) is 18.5. The molecule has 7 nitrogen and oxygen atoms in total. The minimum Gasteiger partial charge on any atom is -0.755 e. The lowest BCUT2D eigenvalue weighted by atomic mass is 10.1. The van der Waals surface area contributed by atoms with Crippen molar-refractivity contribution in [3.8, 4) is 0 Å². The molecule has 0 spiro atoms.